The molecule has 0 unspecified atom stereocenters. The van der Waals surface area contributed by atoms with E-state index < -0.39 is 24.4 Å². The predicted molar refractivity (Wildman–Crippen MR) is 31.7 cm³/mol. The third-order valence-corrected chi connectivity index (χ3v) is 1.44. The van der Waals surface area contributed by atoms with Crippen molar-refractivity contribution in [2.75, 3.05) is 0 Å². The van der Waals surface area contributed by atoms with Crippen LogP contribution < -0.4 is 0 Å². The SMILES string of the molecule is C[CH]CC(O)(C(F)(F)F)C(F)(F)F. The van der Waals surface area contributed by atoms with Gasteiger partial charge in [-0.3, -0.25) is 0 Å². The third-order valence-electron chi connectivity index (χ3n) is 1.44. The summed E-state index contributed by atoms with van der Waals surface area (Å²) in [6.45, 7) is 1.00. The first kappa shape index (κ1) is 12.5. The highest BCUT2D eigenvalue weighted by atomic mass is 19.4. The predicted octanol–water partition coefficient (Wildman–Crippen LogP) is 2.46. The maximum atomic E-state index is 11.8. The minimum Gasteiger partial charge on any atom is -0.374 e. The van der Waals surface area contributed by atoms with Gasteiger partial charge in [0, 0.05) is 0 Å². The van der Waals surface area contributed by atoms with Crippen LogP contribution in [-0.4, -0.2) is 23.1 Å². The summed E-state index contributed by atoms with van der Waals surface area (Å²) in [7, 11) is 0. The number of hydrogen-bond acceptors (Lipinski definition) is 1. The summed E-state index contributed by atoms with van der Waals surface area (Å²) in [6, 6.07) is 0. The van der Waals surface area contributed by atoms with Crippen LogP contribution in [0.2, 0.25) is 0 Å². The van der Waals surface area contributed by atoms with Crippen molar-refractivity contribution in [1.29, 1.82) is 0 Å². The molecule has 0 aliphatic heterocycles. The van der Waals surface area contributed by atoms with Gasteiger partial charge in [-0.05, 0) is 12.8 Å². The third kappa shape index (κ3) is 2.26. The van der Waals surface area contributed by atoms with Gasteiger partial charge < -0.3 is 5.11 Å². The molecular weight excluding hydrogens is 202 g/mol. The van der Waals surface area contributed by atoms with E-state index in [1.807, 2.05) is 0 Å². The molecule has 0 atom stereocenters. The summed E-state index contributed by atoms with van der Waals surface area (Å²) in [6.07, 6.45) is -12.3. The van der Waals surface area contributed by atoms with Gasteiger partial charge >= 0.3 is 12.4 Å². The quantitative estimate of drug-likeness (QED) is 0.692. The van der Waals surface area contributed by atoms with Crippen LogP contribution in [0.5, 0.6) is 0 Å². The standard InChI is InChI=1S/C6H7F6O/c1-2-3-4(13,5(7,8)9)6(10,11)12/h2,13H,3H2,1H3. The monoisotopic (exact) mass is 209 g/mol. The minimum atomic E-state index is -5.71. The maximum Gasteiger partial charge on any atom is 0.426 e. The fourth-order valence-electron chi connectivity index (χ4n) is 0.688. The highest BCUT2D eigenvalue weighted by Gasteiger charge is 2.69. The van der Waals surface area contributed by atoms with E-state index in [0.29, 0.717) is 6.42 Å². The Morgan fingerprint density at radius 3 is 1.38 bits per heavy atom. The fraction of sp³-hybridized carbons (Fsp3) is 0.833. The normalized spacial score (nSPS) is 14.8. The van der Waals surface area contributed by atoms with Gasteiger partial charge in [0.05, 0.1) is 0 Å². The Morgan fingerprint density at radius 1 is 1.00 bits per heavy atom. The maximum absolute atomic E-state index is 11.8. The molecule has 0 aromatic heterocycles. The van der Waals surface area contributed by atoms with E-state index >= 15 is 0 Å². The lowest BCUT2D eigenvalue weighted by Gasteiger charge is -2.31. The summed E-state index contributed by atoms with van der Waals surface area (Å²) in [5, 5.41) is 8.40. The van der Waals surface area contributed by atoms with Crippen LogP contribution in [0.25, 0.3) is 0 Å². The molecule has 0 spiro atoms. The van der Waals surface area contributed by atoms with Gasteiger partial charge in [0.25, 0.3) is 5.60 Å². The number of alkyl halides is 6. The second-order valence-corrected chi connectivity index (χ2v) is 2.47. The molecule has 0 aromatic carbocycles. The molecule has 1 radical (unpaired) electrons. The van der Waals surface area contributed by atoms with Gasteiger partial charge in [-0.1, -0.05) is 6.92 Å². The van der Waals surface area contributed by atoms with Gasteiger partial charge in [0.2, 0.25) is 0 Å². The Kier molecular flexibility index (Phi) is 3.24. The van der Waals surface area contributed by atoms with Crippen LogP contribution >= 0.6 is 0 Å². The molecule has 0 fully saturated rings. The summed E-state index contributed by atoms with van der Waals surface area (Å²) in [4.78, 5) is 0. The number of rotatable bonds is 2. The van der Waals surface area contributed by atoms with Crippen LogP contribution in [0.4, 0.5) is 26.3 Å². The van der Waals surface area contributed by atoms with E-state index in [1.165, 1.54) is 0 Å². The van der Waals surface area contributed by atoms with Gasteiger partial charge in [0.15, 0.2) is 0 Å². The topological polar surface area (TPSA) is 20.2 Å². The molecule has 0 aliphatic rings. The molecule has 1 nitrogen and oxygen atoms in total. The molecule has 7 heteroatoms. The Labute approximate surface area is 70.4 Å². The first-order valence-corrected chi connectivity index (χ1v) is 3.20. The lowest BCUT2D eigenvalue weighted by atomic mass is 9.97. The first-order valence-electron chi connectivity index (χ1n) is 3.20. The fourth-order valence-corrected chi connectivity index (χ4v) is 0.688. The van der Waals surface area contributed by atoms with Gasteiger partial charge in [-0.2, -0.15) is 26.3 Å². The molecule has 0 aliphatic carbocycles. The largest absolute Gasteiger partial charge is 0.426 e. The Bertz CT molecular complexity index is 155. The molecule has 79 valence electrons. The van der Waals surface area contributed by atoms with E-state index in [1.54, 1.807) is 0 Å². The minimum absolute atomic E-state index is 0.612. The highest BCUT2D eigenvalue weighted by Crippen LogP contribution is 2.45. The molecule has 0 saturated carbocycles. The van der Waals surface area contributed by atoms with Crippen molar-refractivity contribution in [3.8, 4) is 0 Å². The van der Waals surface area contributed by atoms with Crippen molar-refractivity contribution in [2.24, 2.45) is 0 Å². The van der Waals surface area contributed by atoms with Crippen molar-refractivity contribution in [3.63, 3.8) is 0 Å². The van der Waals surface area contributed by atoms with E-state index in [-0.39, 0.29) is 0 Å². The molecule has 0 saturated heterocycles. The van der Waals surface area contributed by atoms with Crippen LogP contribution in [0, 0.1) is 6.42 Å². The van der Waals surface area contributed by atoms with Crippen LogP contribution in [0.1, 0.15) is 13.3 Å². The lowest BCUT2D eigenvalue weighted by molar-refractivity contribution is -0.367. The Hall–Kier alpha value is -0.460. The average molecular weight is 209 g/mol. The second kappa shape index (κ2) is 3.36. The lowest BCUT2D eigenvalue weighted by Crippen LogP contribution is -2.56. The Balaban J connectivity index is 4.96. The molecule has 0 heterocycles. The number of hydrogen-bond donors (Lipinski definition) is 1. The zero-order chi connectivity index (χ0) is 10.9. The molecule has 0 amide bonds. The summed E-state index contributed by atoms with van der Waals surface area (Å²) < 4.78 is 70.8. The molecule has 0 bridgehead atoms. The molecular formula is C6H7F6O. The van der Waals surface area contributed by atoms with Crippen LogP contribution in [0.15, 0.2) is 0 Å². The van der Waals surface area contributed by atoms with E-state index in [9.17, 15) is 26.3 Å². The van der Waals surface area contributed by atoms with Crippen molar-refractivity contribution in [3.05, 3.63) is 6.42 Å². The van der Waals surface area contributed by atoms with Crippen LogP contribution in [-0.2, 0) is 0 Å². The van der Waals surface area contributed by atoms with E-state index in [0.717, 1.165) is 6.92 Å². The van der Waals surface area contributed by atoms with Crippen molar-refractivity contribution in [1.82, 2.24) is 0 Å². The zero-order valence-corrected chi connectivity index (χ0v) is 6.50. The van der Waals surface area contributed by atoms with Gasteiger partial charge in [-0.25, -0.2) is 0 Å². The van der Waals surface area contributed by atoms with Gasteiger partial charge in [-0.15, -0.1) is 0 Å². The van der Waals surface area contributed by atoms with Crippen molar-refractivity contribution < 1.29 is 31.4 Å². The smallest absolute Gasteiger partial charge is 0.374 e. The van der Waals surface area contributed by atoms with Gasteiger partial charge in [0.1, 0.15) is 0 Å². The molecule has 1 N–H and O–H groups in total. The molecule has 13 heavy (non-hydrogen) atoms. The van der Waals surface area contributed by atoms with Crippen LogP contribution in [0.3, 0.4) is 0 Å². The number of aliphatic hydroxyl groups is 1. The zero-order valence-electron chi connectivity index (χ0n) is 6.50. The number of halogens is 6. The van der Waals surface area contributed by atoms with E-state index in [4.69, 9.17) is 5.11 Å². The summed E-state index contributed by atoms with van der Waals surface area (Å²) in [5.41, 5.74) is -4.63. The van der Waals surface area contributed by atoms with Crippen molar-refractivity contribution in [2.45, 2.75) is 31.3 Å². The Morgan fingerprint density at radius 2 is 1.31 bits per heavy atom. The molecule has 0 aromatic rings. The average Bonchev–Trinajstić information content (AvgIpc) is 1.82. The summed E-state index contributed by atoms with van der Waals surface area (Å²) >= 11 is 0. The van der Waals surface area contributed by atoms with E-state index in [2.05, 4.69) is 0 Å². The van der Waals surface area contributed by atoms with Crippen molar-refractivity contribution >= 4 is 0 Å². The second-order valence-electron chi connectivity index (χ2n) is 2.47. The summed E-state index contributed by atoms with van der Waals surface area (Å²) in [5.74, 6) is 0. The molecule has 0 rings (SSSR count). The first-order chi connectivity index (χ1) is 5.56. The highest BCUT2D eigenvalue weighted by molar-refractivity contribution is 4.96.